The van der Waals surface area contributed by atoms with Gasteiger partial charge >= 0.3 is 5.97 Å². The topological polar surface area (TPSA) is 114 Å². The summed E-state index contributed by atoms with van der Waals surface area (Å²) in [6.45, 7) is 2.07. The zero-order valence-corrected chi connectivity index (χ0v) is 19.6. The molecule has 4 rings (SSSR count). The summed E-state index contributed by atoms with van der Waals surface area (Å²) in [5.41, 5.74) is 2.09. The van der Waals surface area contributed by atoms with Crippen LogP contribution in [0, 0.1) is 0 Å². The van der Waals surface area contributed by atoms with Gasteiger partial charge in [-0.2, -0.15) is 4.98 Å². The van der Waals surface area contributed by atoms with E-state index in [0.29, 0.717) is 58.9 Å². The van der Waals surface area contributed by atoms with Crippen molar-refractivity contribution in [2.75, 3.05) is 33.7 Å². The Morgan fingerprint density at radius 1 is 1.12 bits per heavy atom. The molecule has 0 radical (unpaired) electrons. The highest BCUT2D eigenvalue weighted by molar-refractivity contribution is 7.99. The highest BCUT2D eigenvalue weighted by atomic mass is 32.2. The highest BCUT2D eigenvalue weighted by Crippen LogP contribution is 2.42. The molecule has 1 aliphatic rings. The van der Waals surface area contributed by atoms with Crippen molar-refractivity contribution in [1.29, 1.82) is 0 Å². The Bertz CT molecular complexity index is 1190. The second-order valence-electron chi connectivity index (χ2n) is 7.32. The maximum atomic E-state index is 13.0. The van der Waals surface area contributed by atoms with Crippen LogP contribution in [0.1, 0.15) is 40.9 Å². The Labute approximate surface area is 194 Å². The molecule has 1 aromatic carbocycles. The number of fused-ring (bicyclic) bond motifs is 2. The fourth-order valence-corrected chi connectivity index (χ4v) is 4.45. The summed E-state index contributed by atoms with van der Waals surface area (Å²) < 4.78 is 22.7. The largest absolute Gasteiger partial charge is 0.493 e. The predicted molar refractivity (Wildman–Crippen MR) is 120 cm³/mol. The number of benzene rings is 1. The monoisotopic (exact) mass is 472 g/mol. The number of rotatable bonds is 8. The number of Topliss-reactive ketones (excluding diaryl/α,β-unsaturated/α-hetero) is 1. The van der Waals surface area contributed by atoms with Gasteiger partial charge < -0.3 is 18.9 Å². The van der Waals surface area contributed by atoms with Crippen LogP contribution in [0.15, 0.2) is 23.5 Å². The maximum absolute atomic E-state index is 13.0. The van der Waals surface area contributed by atoms with Crippen LogP contribution in [0.4, 0.5) is 0 Å². The van der Waals surface area contributed by atoms with Crippen molar-refractivity contribution in [3.05, 3.63) is 35.2 Å². The van der Waals surface area contributed by atoms with Crippen LogP contribution in [0.5, 0.6) is 17.2 Å². The van der Waals surface area contributed by atoms with Crippen LogP contribution >= 0.6 is 11.8 Å². The lowest BCUT2D eigenvalue weighted by atomic mass is 9.82. The van der Waals surface area contributed by atoms with E-state index in [-0.39, 0.29) is 23.4 Å². The van der Waals surface area contributed by atoms with Crippen molar-refractivity contribution >= 4 is 29.3 Å². The van der Waals surface area contributed by atoms with Gasteiger partial charge in [-0.15, -0.1) is 5.10 Å². The van der Waals surface area contributed by atoms with E-state index in [0.717, 1.165) is 17.3 Å². The first-order valence-corrected chi connectivity index (χ1v) is 11.3. The molecule has 0 bridgehead atoms. The van der Waals surface area contributed by atoms with E-state index in [1.165, 1.54) is 4.52 Å². The number of aromatic nitrogens is 4. The van der Waals surface area contributed by atoms with E-state index >= 15 is 0 Å². The Balaban J connectivity index is 1.62. The first kappa shape index (κ1) is 22.8. The van der Waals surface area contributed by atoms with Crippen LogP contribution in [0.3, 0.4) is 0 Å². The second-order valence-corrected chi connectivity index (χ2v) is 8.26. The normalized spacial score (nSPS) is 15.3. The molecule has 1 unspecified atom stereocenters. The van der Waals surface area contributed by atoms with Crippen LogP contribution in [-0.4, -0.2) is 65.0 Å². The Hall–Kier alpha value is -3.34. The summed E-state index contributed by atoms with van der Waals surface area (Å²) in [4.78, 5) is 33.6. The number of esters is 1. The summed E-state index contributed by atoms with van der Waals surface area (Å²) in [6.07, 6.45) is 2.53. The molecule has 0 N–H and O–H groups in total. The van der Waals surface area contributed by atoms with Gasteiger partial charge in [0.1, 0.15) is 0 Å². The molecule has 0 aliphatic heterocycles. The predicted octanol–water partition coefficient (Wildman–Crippen LogP) is 2.72. The quantitative estimate of drug-likeness (QED) is 0.358. The van der Waals surface area contributed by atoms with Crippen molar-refractivity contribution < 1.29 is 28.5 Å². The van der Waals surface area contributed by atoms with Crippen LogP contribution < -0.4 is 14.2 Å². The van der Waals surface area contributed by atoms with E-state index in [4.69, 9.17) is 18.9 Å². The highest BCUT2D eigenvalue weighted by Gasteiger charge is 2.30. The number of ketones is 1. The van der Waals surface area contributed by atoms with Gasteiger partial charge in [-0.3, -0.25) is 9.59 Å². The number of carbonyl (C=O) groups excluding carboxylic acids is 2. The number of hydrogen-bond donors (Lipinski definition) is 0. The Morgan fingerprint density at radius 3 is 2.48 bits per heavy atom. The molecule has 0 saturated carbocycles. The van der Waals surface area contributed by atoms with Gasteiger partial charge in [0.2, 0.25) is 10.9 Å². The van der Waals surface area contributed by atoms with Gasteiger partial charge in [-0.05, 0) is 37.0 Å². The fourth-order valence-electron chi connectivity index (χ4n) is 3.82. The molecular weight excluding hydrogens is 448 g/mol. The van der Waals surface area contributed by atoms with E-state index in [1.807, 2.05) is 12.1 Å². The SMILES string of the molecule is CCOC(=O)CSc1nc2nc3c(cn2n1)C(=O)CC(c1cc(OC)c(OC)c(OC)c1)C3. The number of methoxy groups -OCH3 is 3. The lowest BCUT2D eigenvalue weighted by Gasteiger charge is -2.24. The first-order chi connectivity index (χ1) is 16.0. The Kier molecular flexibility index (Phi) is 6.68. The van der Waals surface area contributed by atoms with Crippen molar-refractivity contribution in [2.45, 2.75) is 30.8 Å². The summed E-state index contributed by atoms with van der Waals surface area (Å²) in [7, 11) is 4.67. The van der Waals surface area contributed by atoms with Crippen LogP contribution in [0.25, 0.3) is 5.78 Å². The summed E-state index contributed by atoms with van der Waals surface area (Å²) in [5, 5.41) is 4.72. The van der Waals surface area contributed by atoms with Crippen molar-refractivity contribution in [3.8, 4) is 17.2 Å². The third kappa shape index (κ3) is 4.58. The zero-order chi connectivity index (χ0) is 23.5. The third-order valence-corrected chi connectivity index (χ3v) is 6.16. The number of carbonyl (C=O) groups is 2. The van der Waals surface area contributed by atoms with E-state index < -0.39 is 0 Å². The maximum Gasteiger partial charge on any atom is 0.316 e. The molecule has 11 heteroatoms. The number of ether oxygens (including phenoxy) is 4. The lowest BCUT2D eigenvalue weighted by molar-refractivity contribution is -0.139. The number of thioether (sulfide) groups is 1. The molecule has 0 saturated heterocycles. The summed E-state index contributed by atoms with van der Waals surface area (Å²) in [5.74, 6) is 1.59. The summed E-state index contributed by atoms with van der Waals surface area (Å²) >= 11 is 1.16. The molecule has 174 valence electrons. The molecule has 0 amide bonds. The molecule has 1 atom stereocenters. The van der Waals surface area contributed by atoms with Gasteiger partial charge in [0.25, 0.3) is 5.78 Å². The standard InChI is InChI=1S/C22H24N4O6S/c1-5-32-19(28)11-33-22-24-21-23-15-6-12(7-16(27)14(15)10-26(21)25-22)13-8-17(29-2)20(31-4)18(9-13)30-3/h8-10,12H,5-7,11H2,1-4H3. The molecule has 33 heavy (non-hydrogen) atoms. The molecule has 10 nitrogen and oxygen atoms in total. The molecule has 2 aromatic heterocycles. The minimum absolute atomic E-state index is 0.0272. The van der Waals surface area contributed by atoms with E-state index in [2.05, 4.69) is 15.1 Å². The Morgan fingerprint density at radius 2 is 1.85 bits per heavy atom. The van der Waals surface area contributed by atoms with Gasteiger partial charge in [-0.25, -0.2) is 9.50 Å². The molecule has 2 heterocycles. The molecule has 1 aliphatic carbocycles. The molecular formula is C22H24N4O6S. The van der Waals surface area contributed by atoms with Gasteiger partial charge in [0, 0.05) is 12.6 Å². The smallest absolute Gasteiger partial charge is 0.316 e. The number of hydrogen-bond acceptors (Lipinski definition) is 10. The average Bonchev–Trinajstić information content (AvgIpc) is 3.22. The van der Waals surface area contributed by atoms with Crippen LogP contribution in [0.2, 0.25) is 0 Å². The average molecular weight is 473 g/mol. The minimum Gasteiger partial charge on any atom is -0.493 e. The zero-order valence-electron chi connectivity index (χ0n) is 18.8. The third-order valence-electron chi connectivity index (χ3n) is 5.35. The van der Waals surface area contributed by atoms with Crippen molar-refractivity contribution in [3.63, 3.8) is 0 Å². The molecule has 0 spiro atoms. The lowest BCUT2D eigenvalue weighted by Crippen LogP contribution is -2.21. The van der Waals surface area contributed by atoms with Crippen molar-refractivity contribution in [2.24, 2.45) is 0 Å². The van der Waals surface area contributed by atoms with E-state index in [9.17, 15) is 9.59 Å². The van der Waals surface area contributed by atoms with E-state index in [1.54, 1.807) is 34.4 Å². The van der Waals surface area contributed by atoms with Gasteiger partial charge in [0.15, 0.2) is 17.3 Å². The first-order valence-electron chi connectivity index (χ1n) is 10.3. The fraction of sp³-hybridized carbons (Fsp3) is 0.409. The number of nitrogens with zero attached hydrogens (tertiary/aromatic N) is 4. The summed E-state index contributed by atoms with van der Waals surface area (Å²) in [6, 6.07) is 3.73. The second kappa shape index (κ2) is 9.65. The van der Waals surface area contributed by atoms with Gasteiger partial charge in [-0.1, -0.05) is 11.8 Å². The molecule has 0 fully saturated rings. The minimum atomic E-state index is -0.336. The van der Waals surface area contributed by atoms with Crippen LogP contribution in [-0.2, 0) is 16.0 Å². The van der Waals surface area contributed by atoms with Crippen molar-refractivity contribution in [1.82, 2.24) is 19.6 Å². The molecule has 3 aromatic rings. The van der Waals surface area contributed by atoms with Gasteiger partial charge in [0.05, 0.1) is 44.9 Å².